The van der Waals surface area contributed by atoms with Gasteiger partial charge in [0.25, 0.3) is 0 Å². The van der Waals surface area contributed by atoms with E-state index in [-0.39, 0.29) is 12.0 Å². The van der Waals surface area contributed by atoms with Gasteiger partial charge in [-0.15, -0.1) is 0 Å². The molecule has 0 aliphatic rings. The fourth-order valence-electron chi connectivity index (χ4n) is 2.13. The Morgan fingerprint density at radius 2 is 1.69 bits per heavy atom. The Labute approximate surface area is 96.7 Å². The normalized spacial score (nSPS) is 13.3. The van der Waals surface area contributed by atoms with E-state index < -0.39 is 0 Å². The van der Waals surface area contributed by atoms with Crippen LogP contribution in [0.15, 0.2) is 36.4 Å². The number of benzene rings is 2. The van der Waals surface area contributed by atoms with Gasteiger partial charge in [-0.25, -0.2) is 0 Å². The van der Waals surface area contributed by atoms with Crippen LogP contribution in [0, 0.1) is 12.8 Å². The lowest BCUT2D eigenvalue weighted by molar-refractivity contribution is 0.128. The topological polar surface area (TPSA) is 20.2 Å². The number of fused-ring (bicyclic) bond motifs is 1. The van der Waals surface area contributed by atoms with Crippen LogP contribution in [0.25, 0.3) is 10.8 Å². The van der Waals surface area contributed by atoms with Crippen LogP contribution in [0.2, 0.25) is 0 Å². The van der Waals surface area contributed by atoms with Crippen molar-refractivity contribution in [1.29, 1.82) is 0 Å². The van der Waals surface area contributed by atoms with Crippen molar-refractivity contribution in [3.8, 4) is 0 Å². The molecule has 0 saturated heterocycles. The second-order valence-electron chi connectivity index (χ2n) is 4.71. The Hall–Kier alpha value is -1.34. The molecule has 0 aliphatic carbocycles. The van der Waals surface area contributed by atoms with Crippen LogP contribution in [0.4, 0.5) is 0 Å². The van der Waals surface area contributed by atoms with E-state index in [1.165, 1.54) is 16.3 Å². The van der Waals surface area contributed by atoms with Crippen molar-refractivity contribution in [1.82, 2.24) is 0 Å². The zero-order valence-corrected chi connectivity index (χ0v) is 10.1. The zero-order valence-electron chi connectivity index (χ0n) is 10.1. The summed E-state index contributed by atoms with van der Waals surface area (Å²) in [7, 11) is 0. The smallest absolute Gasteiger partial charge is 0.0821 e. The summed E-state index contributed by atoms with van der Waals surface area (Å²) in [6, 6.07) is 12.4. The summed E-state index contributed by atoms with van der Waals surface area (Å²) >= 11 is 0. The van der Waals surface area contributed by atoms with Gasteiger partial charge in [0.15, 0.2) is 0 Å². The minimum Gasteiger partial charge on any atom is -0.388 e. The second kappa shape index (κ2) is 4.26. The van der Waals surface area contributed by atoms with Gasteiger partial charge in [0.1, 0.15) is 0 Å². The van der Waals surface area contributed by atoms with Crippen molar-refractivity contribution in [3.05, 3.63) is 47.5 Å². The summed E-state index contributed by atoms with van der Waals surface area (Å²) in [5.41, 5.74) is 2.24. The van der Waals surface area contributed by atoms with E-state index in [9.17, 15) is 5.11 Å². The third-order valence-corrected chi connectivity index (χ3v) is 3.12. The zero-order chi connectivity index (χ0) is 11.7. The first-order valence-electron chi connectivity index (χ1n) is 5.77. The van der Waals surface area contributed by atoms with Crippen molar-refractivity contribution >= 4 is 10.8 Å². The van der Waals surface area contributed by atoms with Crippen LogP contribution in [0.5, 0.6) is 0 Å². The van der Waals surface area contributed by atoms with Crippen LogP contribution in [-0.2, 0) is 0 Å². The minimum atomic E-state index is -0.383. The molecule has 2 aromatic carbocycles. The molecule has 84 valence electrons. The van der Waals surface area contributed by atoms with Crippen LogP contribution in [0.3, 0.4) is 0 Å². The molecule has 0 aliphatic heterocycles. The van der Waals surface area contributed by atoms with Crippen molar-refractivity contribution in [2.75, 3.05) is 0 Å². The number of aliphatic hydroxyl groups is 1. The average molecular weight is 214 g/mol. The van der Waals surface area contributed by atoms with Crippen molar-refractivity contribution in [2.45, 2.75) is 26.9 Å². The number of aryl methyl sites for hydroxylation is 1. The molecule has 1 nitrogen and oxygen atoms in total. The predicted octanol–water partition coefficient (Wildman–Crippen LogP) is 3.84. The van der Waals surface area contributed by atoms with Crippen LogP contribution in [-0.4, -0.2) is 5.11 Å². The molecule has 0 aromatic heterocycles. The summed E-state index contributed by atoms with van der Waals surface area (Å²) in [5.74, 6) is 0.240. The predicted molar refractivity (Wildman–Crippen MR) is 68.5 cm³/mol. The van der Waals surface area contributed by atoms with Crippen LogP contribution < -0.4 is 0 Å². The Morgan fingerprint density at radius 3 is 2.38 bits per heavy atom. The molecule has 0 heterocycles. The summed E-state index contributed by atoms with van der Waals surface area (Å²) in [6.45, 7) is 6.16. The van der Waals surface area contributed by atoms with Crippen molar-refractivity contribution in [2.24, 2.45) is 5.92 Å². The molecule has 16 heavy (non-hydrogen) atoms. The molecule has 1 atom stereocenters. The summed E-state index contributed by atoms with van der Waals surface area (Å²) in [4.78, 5) is 0. The van der Waals surface area contributed by atoms with Crippen molar-refractivity contribution in [3.63, 3.8) is 0 Å². The maximum atomic E-state index is 10.3. The molecular weight excluding hydrogens is 196 g/mol. The first-order valence-corrected chi connectivity index (χ1v) is 5.77. The number of aliphatic hydroxyl groups excluding tert-OH is 1. The Morgan fingerprint density at radius 1 is 1.00 bits per heavy atom. The summed E-state index contributed by atoms with van der Waals surface area (Å²) < 4.78 is 0. The van der Waals surface area contributed by atoms with E-state index in [1.807, 2.05) is 26.0 Å². The van der Waals surface area contributed by atoms with Gasteiger partial charge >= 0.3 is 0 Å². The third kappa shape index (κ3) is 1.83. The van der Waals surface area contributed by atoms with Gasteiger partial charge in [0.2, 0.25) is 0 Å². The van der Waals surface area contributed by atoms with Crippen molar-refractivity contribution < 1.29 is 5.11 Å². The van der Waals surface area contributed by atoms with E-state index in [0.29, 0.717) is 0 Å². The maximum Gasteiger partial charge on any atom is 0.0821 e. The lowest BCUT2D eigenvalue weighted by atomic mass is 9.90. The monoisotopic (exact) mass is 214 g/mol. The van der Waals surface area contributed by atoms with E-state index in [0.717, 1.165) is 5.56 Å². The minimum absolute atomic E-state index is 0.240. The Balaban J connectivity index is 2.70. The first kappa shape index (κ1) is 11.2. The number of rotatable bonds is 2. The van der Waals surface area contributed by atoms with Gasteiger partial charge in [0.05, 0.1) is 6.10 Å². The molecular formula is C15H18O. The van der Waals surface area contributed by atoms with E-state index >= 15 is 0 Å². The second-order valence-corrected chi connectivity index (χ2v) is 4.71. The quantitative estimate of drug-likeness (QED) is 0.805. The van der Waals surface area contributed by atoms with E-state index in [4.69, 9.17) is 0 Å². The number of hydrogen-bond acceptors (Lipinski definition) is 1. The molecule has 0 bridgehead atoms. The molecule has 0 spiro atoms. The molecule has 1 unspecified atom stereocenters. The Kier molecular flexibility index (Phi) is 2.97. The molecule has 0 fully saturated rings. The standard InChI is InChI=1S/C15H18O/c1-10(2)15(16)14-11(3)8-9-12-6-4-5-7-13(12)14/h4-10,15-16H,1-3H3. The molecule has 2 aromatic rings. The molecule has 0 radical (unpaired) electrons. The highest BCUT2D eigenvalue weighted by Crippen LogP contribution is 2.31. The highest BCUT2D eigenvalue weighted by Gasteiger charge is 2.16. The van der Waals surface area contributed by atoms with E-state index in [2.05, 4.69) is 31.2 Å². The molecule has 0 amide bonds. The largest absolute Gasteiger partial charge is 0.388 e. The summed E-state index contributed by atoms with van der Waals surface area (Å²) in [5, 5.41) is 12.6. The lowest BCUT2D eigenvalue weighted by Crippen LogP contribution is -2.07. The SMILES string of the molecule is Cc1ccc2ccccc2c1C(O)C(C)C. The fraction of sp³-hybridized carbons (Fsp3) is 0.333. The number of hydrogen-bond donors (Lipinski definition) is 1. The van der Waals surface area contributed by atoms with Gasteiger partial charge in [0, 0.05) is 0 Å². The molecule has 2 rings (SSSR count). The average Bonchev–Trinajstić information content (AvgIpc) is 2.28. The highest BCUT2D eigenvalue weighted by atomic mass is 16.3. The third-order valence-electron chi connectivity index (χ3n) is 3.12. The fourth-order valence-corrected chi connectivity index (χ4v) is 2.13. The molecule has 0 saturated carbocycles. The van der Waals surface area contributed by atoms with Crippen LogP contribution in [0.1, 0.15) is 31.1 Å². The molecule has 1 N–H and O–H groups in total. The van der Waals surface area contributed by atoms with Gasteiger partial charge < -0.3 is 5.11 Å². The highest BCUT2D eigenvalue weighted by molar-refractivity contribution is 5.87. The summed E-state index contributed by atoms with van der Waals surface area (Å²) in [6.07, 6.45) is -0.383. The maximum absolute atomic E-state index is 10.3. The van der Waals surface area contributed by atoms with E-state index in [1.54, 1.807) is 0 Å². The molecule has 1 heteroatoms. The lowest BCUT2D eigenvalue weighted by Gasteiger charge is -2.19. The first-order chi connectivity index (χ1) is 7.61. The van der Waals surface area contributed by atoms with Crippen LogP contribution >= 0.6 is 0 Å². The van der Waals surface area contributed by atoms with Gasteiger partial charge in [-0.05, 0) is 34.7 Å². The van der Waals surface area contributed by atoms with Gasteiger partial charge in [-0.3, -0.25) is 0 Å². The van der Waals surface area contributed by atoms with Gasteiger partial charge in [-0.1, -0.05) is 50.2 Å². The Bertz CT molecular complexity index is 500. The van der Waals surface area contributed by atoms with Gasteiger partial charge in [-0.2, -0.15) is 0 Å².